The van der Waals surface area contributed by atoms with Gasteiger partial charge in [0.15, 0.2) is 0 Å². The van der Waals surface area contributed by atoms with Gasteiger partial charge in [-0.3, -0.25) is 4.79 Å². The second-order valence-electron chi connectivity index (χ2n) is 4.11. The van der Waals surface area contributed by atoms with Crippen LogP contribution >= 0.6 is 11.8 Å². The molecule has 0 saturated carbocycles. The van der Waals surface area contributed by atoms with Crippen molar-refractivity contribution in [1.82, 2.24) is 0 Å². The highest BCUT2D eigenvalue weighted by Gasteiger charge is 2.11. The van der Waals surface area contributed by atoms with E-state index in [2.05, 4.69) is 5.32 Å². The first kappa shape index (κ1) is 14.5. The number of thioether (sulfide) groups is 1. The lowest BCUT2D eigenvalue weighted by atomic mass is 10.2. The Morgan fingerprint density at radius 1 is 1.15 bits per heavy atom. The molecule has 0 aromatic heterocycles. The maximum absolute atomic E-state index is 12.3. The van der Waals surface area contributed by atoms with Crippen LogP contribution < -0.4 is 10.1 Å². The maximum Gasteiger partial charge on any atom is 0.259 e. The number of hydrogen-bond donors (Lipinski definition) is 1. The molecule has 1 amide bonds. The quantitative estimate of drug-likeness (QED) is 0.843. The number of carbonyl (C=O) groups is 1. The summed E-state index contributed by atoms with van der Waals surface area (Å²) in [5.41, 5.74) is 1.32. The second-order valence-corrected chi connectivity index (χ2v) is 4.99. The summed E-state index contributed by atoms with van der Waals surface area (Å²) in [4.78, 5) is 13.4. The Hall–Kier alpha value is -1.94. The summed E-state index contributed by atoms with van der Waals surface area (Å²) in [5, 5.41) is 2.88. The van der Waals surface area contributed by atoms with E-state index in [1.807, 2.05) is 49.6 Å². The van der Waals surface area contributed by atoms with Gasteiger partial charge in [0.05, 0.1) is 12.2 Å². The molecule has 0 aliphatic rings. The molecule has 0 heterocycles. The Kier molecular flexibility index (Phi) is 5.07. The van der Waals surface area contributed by atoms with Gasteiger partial charge in [0.25, 0.3) is 5.91 Å². The van der Waals surface area contributed by atoms with Crippen molar-refractivity contribution in [1.29, 1.82) is 0 Å². The summed E-state index contributed by atoms with van der Waals surface area (Å²) in [6, 6.07) is 15.0. The van der Waals surface area contributed by atoms with Gasteiger partial charge in [0.1, 0.15) is 5.75 Å². The molecular formula is C16H17NO2S. The van der Waals surface area contributed by atoms with E-state index >= 15 is 0 Å². The van der Waals surface area contributed by atoms with Crippen LogP contribution in [0.2, 0.25) is 0 Å². The fourth-order valence-electron chi connectivity index (χ4n) is 1.81. The number of anilines is 1. The highest BCUT2D eigenvalue weighted by atomic mass is 32.2. The topological polar surface area (TPSA) is 38.3 Å². The lowest BCUT2D eigenvalue weighted by Crippen LogP contribution is -2.13. The SMILES string of the molecule is CCOc1ccccc1C(=O)Nc1ccc(SC)cc1. The Morgan fingerprint density at radius 3 is 2.50 bits per heavy atom. The van der Waals surface area contributed by atoms with Gasteiger partial charge in [0, 0.05) is 10.6 Å². The first-order valence-electron chi connectivity index (χ1n) is 6.42. The van der Waals surface area contributed by atoms with Gasteiger partial charge in [-0.2, -0.15) is 0 Å². The summed E-state index contributed by atoms with van der Waals surface area (Å²) in [6.07, 6.45) is 2.02. The van der Waals surface area contributed by atoms with Gasteiger partial charge in [-0.1, -0.05) is 12.1 Å². The minimum Gasteiger partial charge on any atom is -0.493 e. The molecule has 0 radical (unpaired) electrons. The average molecular weight is 287 g/mol. The molecule has 0 fully saturated rings. The van der Waals surface area contributed by atoms with E-state index in [1.54, 1.807) is 23.9 Å². The molecule has 104 valence electrons. The Labute approximate surface area is 123 Å². The predicted molar refractivity (Wildman–Crippen MR) is 83.8 cm³/mol. The largest absolute Gasteiger partial charge is 0.493 e. The van der Waals surface area contributed by atoms with E-state index in [-0.39, 0.29) is 5.91 Å². The van der Waals surface area contributed by atoms with Crippen LogP contribution in [0.15, 0.2) is 53.4 Å². The van der Waals surface area contributed by atoms with Gasteiger partial charge in [-0.05, 0) is 49.6 Å². The minimum atomic E-state index is -0.161. The van der Waals surface area contributed by atoms with Crippen molar-refractivity contribution in [3.05, 3.63) is 54.1 Å². The molecule has 2 rings (SSSR count). The molecule has 0 bridgehead atoms. The molecule has 0 aliphatic carbocycles. The fraction of sp³-hybridized carbons (Fsp3) is 0.188. The average Bonchev–Trinajstić information content (AvgIpc) is 2.49. The van der Waals surface area contributed by atoms with Crippen LogP contribution in [0.4, 0.5) is 5.69 Å². The molecule has 0 aliphatic heterocycles. The van der Waals surface area contributed by atoms with E-state index in [9.17, 15) is 4.79 Å². The van der Waals surface area contributed by atoms with Crippen molar-refractivity contribution >= 4 is 23.4 Å². The van der Waals surface area contributed by atoms with E-state index in [1.165, 1.54) is 0 Å². The summed E-state index contributed by atoms with van der Waals surface area (Å²) < 4.78 is 5.47. The summed E-state index contributed by atoms with van der Waals surface area (Å²) in [7, 11) is 0. The van der Waals surface area contributed by atoms with E-state index in [4.69, 9.17) is 4.74 Å². The van der Waals surface area contributed by atoms with Crippen molar-refractivity contribution in [3.8, 4) is 5.75 Å². The number of ether oxygens (including phenoxy) is 1. The van der Waals surface area contributed by atoms with E-state index < -0.39 is 0 Å². The predicted octanol–water partition coefficient (Wildman–Crippen LogP) is 4.06. The van der Waals surface area contributed by atoms with Crippen LogP contribution in [0.5, 0.6) is 5.75 Å². The molecule has 0 saturated heterocycles. The first-order valence-corrected chi connectivity index (χ1v) is 7.64. The van der Waals surface area contributed by atoms with Crippen LogP contribution in [-0.2, 0) is 0 Å². The molecule has 2 aromatic rings. The van der Waals surface area contributed by atoms with Crippen LogP contribution in [0.3, 0.4) is 0 Å². The number of para-hydroxylation sites is 1. The number of nitrogens with one attached hydrogen (secondary N) is 1. The standard InChI is InChI=1S/C16H17NO2S/c1-3-19-15-7-5-4-6-14(15)16(18)17-12-8-10-13(20-2)11-9-12/h4-11H,3H2,1-2H3,(H,17,18). The molecule has 4 heteroatoms. The fourth-order valence-corrected chi connectivity index (χ4v) is 2.22. The van der Waals surface area contributed by atoms with Crippen molar-refractivity contribution in [3.63, 3.8) is 0 Å². The zero-order chi connectivity index (χ0) is 14.4. The Morgan fingerprint density at radius 2 is 1.85 bits per heavy atom. The third kappa shape index (κ3) is 3.54. The molecule has 0 spiro atoms. The number of amides is 1. The molecule has 2 aromatic carbocycles. The lowest BCUT2D eigenvalue weighted by molar-refractivity contribution is 0.102. The third-order valence-corrected chi connectivity index (χ3v) is 3.52. The number of benzene rings is 2. The Bertz CT molecular complexity index is 581. The number of hydrogen-bond acceptors (Lipinski definition) is 3. The number of rotatable bonds is 5. The normalized spacial score (nSPS) is 10.1. The van der Waals surface area contributed by atoms with Crippen LogP contribution in [0, 0.1) is 0 Å². The molecular weight excluding hydrogens is 270 g/mol. The third-order valence-electron chi connectivity index (χ3n) is 2.78. The maximum atomic E-state index is 12.3. The van der Waals surface area contributed by atoms with Gasteiger partial charge >= 0.3 is 0 Å². The van der Waals surface area contributed by atoms with E-state index in [0.29, 0.717) is 17.9 Å². The van der Waals surface area contributed by atoms with Crippen molar-refractivity contribution < 1.29 is 9.53 Å². The molecule has 0 unspecified atom stereocenters. The lowest BCUT2D eigenvalue weighted by Gasteiger charge is -2.10. The Balaban J connectivity index is 2.15. The summed E-state index contributed by atoms with van der Waals surface area (Å²) in [5.74, 6) is 0.444. The highest BCUT2D eigenvalue weighted by molar-refractivity contribution is 7.98. The zero-order valence-electron chi connectivity index (χ0n) is 11.6. The summed E-state index contributed by atoms with van der Waals surface area (Å²) >= 11 is 1.67. The van der Waals surface area contributed by atoms with Crippen LogP contribution in [0.1, 0.15) is 17.3 Å². The van der Waals surface area contributed by atoms with Gasteiger partial charge in [0.2, 0.25) is 0 Å². The summed E-state index contributed by atoms with van der Waals surface area (Å²) in [6.45, 7) is 2.43. The zero-order valence-corrected chi connectivity index (χ0v) is 12.4. The van der Waals surface area contributed by atoms with Gasteiger partial charge in [-0.15, -0.1) is 11.8 Å². The highest BCUT2D eigenvalue weighted by Crippen LogP contribution is 2.21. The smallest absolute Gasteiger partial charge is 0.259 e. The van der Waals surface area contributed by atoms with Gasteiger partial charge in [-0.25, -0.2) is 0 Å². The van der Waals surface area contributed by atoms with Gasteiger partial charge < -0.3 is 10.1 Å². The molecule has 3 nitrogen and oxygen atoms in total. The van der Waals surface area contributed by atoms with Crippen molar-refractivity contribution in [2.75, 3.05) is 18.2 Å². The first-order chi connectivity index (χ1) is 9.74. The second kappa shape index (κ2) is 7.01. The van der Waals surface area contributed by atoms with E-state index in [0.717, 1.165) is 10.6 Å². The van der Waals surface area contributed by atoms with Crippen LogP contribution in [-0.4, -0.2) is 18.8 Å². The minimum absolute atomic E-state index is 0.161. The van der Waals surface area contributed by atoms with Crippen molar-refractivity contribution in [2.45, 2.75) is 11.8 Å². The monoisotopic (exact) mass is 287 g/mol. The molecule has 20 heavy (non-hydrogen) atoms. The molecule has 1 N–H and O–H groups in total. The number of carbonyl (C=O) groups excluding carboxylic acids is 1. The van der Waals surface area contributed by atoms with Crippen LogP contribution in [0.25, 0.3) is 0 Å². The van der Waals surface area contributed by atoms with Crippen molar-refractivity contribution in [2.24, 2.45) is 0 Å². The molecule has 0 atom stereocenters.